The number of piperidine rings is 2. The highest BCUT2D eigenvalue weighted by molar-refractivity contribution is 5.13. The fraction of sp³-hybridized carbons (Fsp3) is 1.00. The molecule has 6 rings (SSSR count). The van der Waals surface area contributed by atoms with Gasteiger partial charge in [0.2, 0.25) is 0 Å². The van der Waals surface area contributed by atoms with Crippen LogP contribution in [0, 0.1) is 29.6 Å². The number of aliphatic hydroxyl groups is 1. The van der Waals surface area contributed by atoms with Crippen LogP contribution in [-0.2, 0) is 14.2 Å². The lowest BCUT2D eigenvalue weighted by atomic mass is 9.64. The fourth-order valence-corrected chi connectivity index (χ4v) is 8.05. The molecule has 6 fully saturated rings. The van der Waals surface area contributed by atoms with Gasteiger partial charge in [0, 0.05) is 37.1 Å². The van der Waals surface area contributed by atoms with Crippen molar-refractivity contribution in [2.45, 2.75) is 68.5 Å². The highest BCUT2D eigenvalue weighted by Gasteiger charge is 2.59. The van der Waals surface area contributed by atoms with Crippen LogP contribution in [0.15, 0.2) is 0 Å². The molecule has 7 nitrogen and oxygen atoms in total. The first-order chi connectivity index (χ1) is 14.1. The predicted octanol–water partition coefficient (Wildman–Crippen LogP) is 0.161. The van der Waals surface area contributed by atoms with Crippen molar-refractivity contribution in [3.8, 4) is 0 Å². The average molecular weight is 408 g/mol. The highest BCUT2D eigenvalue weighted by atomic mass is 16.7. The molecule has 29 heavy (non-hydrogen) atoms. The van der Waals surface area contributed by atoms with Gasteiger partial charge in [0.15, 0.2) is 0 Å². The van der Waals surface area contributed by atoms with Crippen molar-refractivity contribution < 1.29 is 19.3 Å². The SMILES string of the molecule is CC[C@@]1(O)COCC2CN3CC4C(CN)C5CC6OCOC6CC5NC4C3CC21. The minimum atomic E-state index is -0.662. The smallest absolute Gasteiger partial charge is 0.147 e. The van der Waals surface area contributed by atoms with Gasteiger partial charge in [-0.15, -0.1) is 0 Å². The molecule has 0 aromatic carbocycles. The van der Waals surface area contributed by atoms with Gasteiger partial charge in [-0.3, -0.25) is 4.90 Å². The van der Waals surface area contributed by atoms with Crippen LogP contribution in [-0.4, -0.2) is 85.6 Å². The molecule has 0 radical (unpaired) electrons. The summed E-state index contributed by atoms with van der Waals surface area (Å²) in [5.74, 6) is 2.53. The molecule has 5 heterocycles. The first-order valence-corrected chi connectivity index (χ1v) is 11.8. The summed E-state index contributed by atoms with van der Waals surface area (Å²) >= 11 is 0. The number of nitrogens with zero attached hydrogens (tertiary/aromatic N) is 1. The molecule has 5 aliphatic heterocycles. The summed E-state index contributed by atoms with van der Waals surface area (Å²) in [6, 6.07) is 1.46. The number of ether oxygens (including phenoxy) is 3. The Balaban J connectivity index is 1.26. The second-order valence-corrected chi connectivity index (χ2v) is 10.6. The highest BCUT2D eigenvalue weighted by Crippen LogP contribution is 2.50. The topological polar surface area (TPSA) is 89.2 Å². The zero-order valence-electron chi connectivity index (χ0n) is 17.5. The van der Waals surface area contributed by atoms with Crippen LogP contribution in [0.25, 0.3) is 0 Å². The fourth-order valence-electron chi connectivity index (χ4n) is 8.05. The lowest BCUT2D eigenvalue weighted by Crippen LogP contribution is -2.65. The Bertz CT molecular complexity index is 637. The van der Waals surface area contributed by atoms with Crippen LogP contribution in [0.2, 0.25) is 0 Å². The predicted molar refractivity (Wildman–Crippen MR) is 107 cm³/mol. The number of hydrogen-bond donors (Lipinski definition) is 3. The summed E-state index contributed by atoms with van der Waals surface area (Å²) in [5.41, 5.74) is 5.73. The van der Waals surface area contributed by atoms with Crippen LogP contribution in [0.5, 0.6) is 0 Å². The second-order valence-electron chi connectivity index (χ2n) is 10.6. The van der Waals surface area contributed by atoms with Gasteiger partial charge in [0.25, 0.3) is 0 Å². The number of hydrogen-bond acceptors (Lipinski definition) is 7. The Morgan fingerprint density at radius 3 is 2.76 bits per heavy atom. The maximum absolute atomic E-state index is 11.3. The van der Waals surface area contributed by atoms with Gasteiger partial charge < -0.3 is 30.4 Å². The van der Waals surface area contributed by atoms with Gasteiger partial charge >= 0.3 is 0 Å². The molecule has 164 valence electrons. The Kier molecular flexibility index (Phi) is 4.77. The first kappa shape index (κ1) is 19.4. The standard InChI is InChI=1S/C22H37N3O4/c1-2-22(26)10-27-9-12-7-25-8-15-14(6-23)13-3-19-20(29-11-28-19)5-17(13)24-21(15)18(25)4-16(12)22/h12-21,24,26H,2-11,23H2,1H3/t12?,13?,14?,15?,16?,17?,18?,19?,20?,21?,22-/m1/s1. The van der Waals surface area contributed by atoms with E-state index >= 15 is 0 Å². The summed E-state index contributed by atoms with van der Waals surface area (Å²) in [4.78, 5) is 2.70. The minimum absolute atomic E-state index is 0.243. The molecule has 0 aromatic rings. The molecule has 1 aliphatic carbocycles. The normalized spacial score (nSPS) is 56.8. The molecule has 6 aliphatic rings. The van der Waals surface area contributed by atoms with E-state index in [1.165, 1.54) is 0 Å². The molecule has 1 saturated carbocycles. The number of fused-ring (bicyclic) bond motifs is 6. The van der Waals surface area contributed by atoms with Crippen molar-refractivity contribution in [3.05, 3.63) is 0 Å². The van der Waals surface area contributed by atoms with E-state index in [-0.39, 0.29) is 12.2 Å². The Labute approximate surface area is 173 Å². The van der Waals surface area contributed by atoms with Gasteiger partial charge in [0.1, 0.15) is 6.79 Å². The molecule has 4 N–H and O–H groups in total. The molecule has 11 atom stereocenters. The molecular weight excluding hydrogens is 370 g/mol. The summed E-state index contributed by atoms with van der Waals surface area (Å²) < 4.78 is 17.5. The average Bonchev–Trinajstić information content (AvgIpc) is 3.33. The van der Waals surface area contributed by atoms with E-state index in [9.17, 15) is 5.11 Å². The quantitative estimate of drug-likeness (QED) is 0.601. The molecule has 0 aromatic heterocycles. The van der Waals surface area contributed by atoms with Crippen LogP contribution >= 0.6 is 0 Å². The van der Waals surface area contributed by atoms with Gasteiger partial charge in [-0.05, 0) is 55.9 Å². The monoisotopic (exact) mass is 407 g/mol. The van der Waals surface area contributed by atoms with Crippen molar-refractivity contribution in [2.24, 2.45) is 35.3 Å². The summed E-state index contributed by atoms with van der Waals surface area (Å²) in [5, 5.41) is 15.4. The molecule has 7 heteroatoms. The number of nitrogens with two attached hydrogens (primary N) is 1. The third-order valence-corrected chi connectivity index (χ3v) is 9.58. The maximum atomic E-state index is 11.3. The zero-order valence-corrected chi connectivity index (χ0v) is 17.5. The third-order valence-electron chi connectivity index (χ3n) is 9.58. The van der Waals surface area contributed by atoms with E-state index in [0.29, 0.717) is 61.1 Å². The zero-order chi connectivity index (χ0) is 19.8. The third kappa shape index (κ3) is 2.89. The summed E-state index contributed by atoms with van der Waals surface area (Å²) in [6.07, 6.45) is 4.47. The van der Waals surface area contributed by atoms with Crippen molar-refractivity contribution in [1.29, 1.82) is 0 Å². The number of rotatable bonds is 2. The van der Waals surface area contributed by atoms with Gasteiger partial charge in [-0.25, -0.2) is 0 Å². The van der Waals surface area contributed by atoms with E-state index in [0.717, 1.165) is 51.9 Å². The van der Waals surface area contributed by atoms with E-state index in [1.54, 1.807) is 0 Å². The van der Waals surface area contributed by atoms with Crippen LogP contribution in [0.3, 0.4) is 0 Å². The van der Waals surface area contributed by atoms with Gasteiger partial charge in [-0.2, -0.15) is 0 Å². The summed E-state index contributed by atoms with van der Waals surface area (Å²) in [6.45, 7) is 6.79. The van der Waals surface area contributed by atoms with E-state index in [4.69, 9.17) is 19.9 Å². The maximum Gasteiger partial charge on any atom is 0.147 e. The lowest BCUT2D eigenvalue weighted by Gasteiger charge is -2.53. The molecule has 0 bridgehead atoms. The van der Waals surface area contributed by atoms with E-state index in [1.807, 2.05) is 0 Å². The Hall–Kier alpha value is -0.280. The molecular formula is C22H37N3O4. The van der Waals surface area contributed by atoms with E-state index in [2.05, 4.69) is 17.1 Å². The molecule has 10 unspecified atom stereocenters. The molecule has 5 saturated heterocycles. The summed E-state index contributed by atoms with van der Waals surface area (Å²) in [7, 11) is 0. The van der Waals surface area contributed by atoms with Crippen LogP contribution < -0.4 is 11.1 Å². The van der Waals surface area contributed by atoms with Crippen molar-refractivity contribution in [2.75, 3.05) is 39.6 Å². The van der Waals surface area contributed by atoms with Crippen molar-refractivity contribution in [1.82, 2.24) is 10.2 Å². The largest absolute Gasteiger partial charge is 0.387 e. The van der Waals surface area contributed by atoms with E-state index < -0.39 is 5.60 Å². The number of nitrogens with one attached hydrogen (secondary N) is 1. The van der Waals surface area contributed by atoms with Crippen LogP contribution in [0.1, 0.15) is 32.6 Å². The lowest BCUT2D eigenvalue weighted by molar-refractivity contribution is -0.176. The molecule has 0 spiro atoms. The van der Waals surface area contributed by atoms with Gasteiger partial charge in [-0.1, -0.05) is 6.92 Å². The molecule has 0 amide bonds. The van der Waals surface area contributed by atoms with Gasteiger partial charge in [0.05, 0.1) is 31.0 Å². The van der Waals surface area contributed by atoms with Crippen molar-refractivity contribution in [3.63, 3.8) is 0 Å². The first-order valence-electron chi connectivity index (χ1n) is 11.8. The van der Waals surface area contributed by atoms with Crippen LogP contribution in [0.4, 0.5) is 0 Å². The second kappa shape index (κ2) is 7.12. The Morgan fingerprint density at radius 1 is 1.14 bits per heavy atom. The minimum Gasteiger partial charge on any atom is -0.387 e. The Morgan fingerprint density at radius 2 is 1.97 bits per heavy atom. The van der Waals surface area contributed by atoms with Crippen molar-refractivity contribution >= 4 is 0 Å².